The van der Waals surface area contributed by atoms with E-state index in [9.17, 15) is 0 Å². The molecule has 0 bridgehead atoms. The fraction of sp³-hybridized carbons (Fsp3) is 0.286. The molecule has 3 rings (SSSR count). The van der Waals surface area contributed by atoms with Gasteiger partial charge in [0.15, 0.2) is 5.82 Å². The number of imidazole rings is 1. The van der Waals surface area contributed by atoms with Crippen LogP contribution in [0.15, 0.2) is 18.2 Å². The second-order valence-electron chi connectivity index (χ2n) is 4.83. The van der Waals surface area contributed by atoms with Gasteiger partial charge in [-0.1, -0.05) is 0 Å². The molecule has 3 aromatic rings. The molecule has 0 radical (unpaired) electrons. The number of hydrogen-bond acceptors (Lipinski definition) is 2. The van der Waals surface area contributed by atoms with Gasteiger partial charge in [-0.05, 0) is 50.1 Å². The summed E-state index contributed by atoms with van der Waals surface area (Å²) in [5.74, 6) is 0.873. The van der Waals surface area contributed by atoms with Crippen molar-refractivity contribution < 1.29 is 0 Å². The minimum atomic E-state index is 0.873. The van der Waals surface area contributed by atoms with E-state index in [1.54, 1.807) is 0 Å². The molecule has 0 amide bonds. The summed E-state index contributed by atoms with van der Waals surface area (Å²) in [6.07, 6.45) is 0. The highest BCUT2D eigenvalue weighted by molar-refractivity contribution is 5.80. The van der Waals surface area contributed by atoms with E-state index < -0.39 is 0 Å². The van der Waals surface area contributed by atoms with Crippen LogP contribution in [0.25, 0.3) is 22.6 Å². The monoisotopic (exact) mass is 240 g/mol. The largest absolute Gasteiger partial charge is 0.337 e. The van der Waals surface area contributed by atoms with Crippen LogP contribution in [0.1, 0.15) is 16.8 Å². The van der Waals surface area contributed by atoms with E-state index in [-0.39, 0.29) is 0 Å². The zero-order valence-corrected chi connectivity index (χ0v) is 11.1. The predicted molar refractivity (Wildman–Crippen MR) is 72.5 cm³/mol. The first-order valence-electron chi connectivity index (χ1n) is 6.02. The van der Waals surface area contributed by atoms with Crippen molar-refractivity contribution in [3.05, 3.63) is 35.0 Å². The molecular weight excluding hydrogens is 224 g/mol. The molecule has 4 nitrogen and oxygen atoms in total. The molecule has 18 heavy (non-hydrogen) atoms. The third-order valence-corrected chi connectivity index (χ3v) is 3.34. The molecule has 2 heterocycles. The van der Waals surface area contributed by atoms with Gasteiger partial charge in [-0.2, -0.15) is 5.10 Å². The first kappa shape index (κ1) is 11.0. The van der Waals surface area contributed by atoms with Crippen LogP contribution in [0.5, 0.6) is 0 Å². The van der Waals surface area contributed by atoms with Gasteiger partial charge < -0.3 is 4.98 Å². The van der Waals surface area contributed by atoms with Crippen molar-refractivity contribution in [3.8, 4) is 11.5 Å². The average Bonchev–Trinajstić information content (AvgIpc) is 2.82. The number of benzene rings is 1. The van der Waals surface area contributed by atoms with Crippen molar-refractivity contribution in [3.63, 3.8) is 0 Å². The molecule has 0 aliphatic heterocycles. The van der Waals surface area contributed by atoms with Crippen molar-refractivity contribution in [1.29, 1.82) is 0 Å². The number of nitrogens with one attached hydrogen (secondary N) is 1. The summed E-state index contributed by atoms with van der Waals surface area (Å²) in [6.45, 7) is 6.21. The Balaban J connectivity index is 2.22. The van der Waals surface area contributed by atoms with Crippen molar-refractivity contribution in [1.82, 2.24) is 19.7 Å². The van der Waals surface area contributed by atoms with Crippen molar-refractivity contribution in [2.45, 2.75) is 20.8 Å². The molecule has 4 heteroatoms. The maximum Gasteiger partial charge on any atom is 0.156 e. The van der Waals surface area contributed by atoms with E-state index in [1.165, 1.54) is 11.1 Å². The van der Waals surface area contributed by atoms with Crippen LogP contribution in [0, 0.1) is 20.8 Å². The summed E-state index contributed by atoms with van der Waals surface area (Å²) in [5, 5.41) is 4.35. The van der Waals surface area contributed by atoms with E-state index in [0.29, 0.717) is 0 Å². The van der Waals surface area contributed by atoms with Gasteiger partial charge in [-0.25, -0.2) is 4.98 Å². The Morgan fingerprint density at radius 1 is 1.06 bits per heavy atom. The van der Waals surface area contributed by atoms with E-state index in [4.69, 9.17) is 0 Å². The summed E-state index contributed by atoms with van der Waals surface area (Å²) in [6, 6.07) is 6.30. The lowest BCUT2D eigenvalue weighted by atomic mass is 10.1. The topological polar surface area (TPSA) is 46.5 Å². The zero-order chi connectivity index (χ0) is 12.9. The van der Waals surface area contributed by atoms with Gasteiger partial charge >= 0.3 is 0 Å². The van der Waals surface area contributed by atoms with E-state index >= 15 is 0 Å². The fourth-order valence-corrected chi connectivity index (χ4v) is 2.22. The van der Waals surface area contributed by atoms with Crippen molar-refractivity contribution in [2.75, 3.05) is 0 Å². The summed E-state index contributed by atoms with van der Waals surface area (Å²) >= 11 is 0. The first-order valence-corrected chi connectivity index (χ1v) is 6.02. The summed E-state index contributed by atoms with van der Waals surface area (Å²) in [4.78, 5) is 8.00. The molecule has 0 saturated heterocycles. The smallest absolute Gasteiger partial charge is 0.156 e. The average molecular weight is 240 g/mol. The molecule has 0 aliphatic rings. The van der Waals surface area contributed by atoms with Crippen LogP contribution in [-0.4, -0.2) is 19.7 Å². The summed E-state index contributed by atoms with van der Waals surface area (Å²) in [7, 11) is 1.94. The molecule has 0 saturated carbocycles. The molecule has 1 N–H and O–H groups in total. The lowest BCUT2D eigenvalue weighted by molar-refractivity contribution is 0.760. The number of aromatic amines is 1. The zero-order valence-electron chi connectivity index (χ0n) is 11.1. The standard InChI is InChI=1S/C14H16N4/c1-8-5-11-12(6-9(8)2)16-14(15-11)13-7-10(3)17-18(13)4/h5-7H,1-4H3,(H,15,16). The Kier molecular flexibility index (Phi) is 2.26. The number of aryl methyl sites for hydroxylation is 4. The van der Waals surface area contributed by atoms with Gasteiger partial charge in [0.2, 0.25) is 0 Å². The molecule has 0 fully saturated rings. The normalized spacial score (nSPS) is 11.3. The van der Waals surface area contributed by atoms with Gasteiger partial charge in [0, 0.05) is 7.05 Å². The van der Waals surface area contributed by atoms with Gasteiger partial charge in [0.05, 0.1) is 16.7 Å². The minimum Gasteiger partial charge on any atom is -0.337 e. The Labute approximate surface area is 106 Å². The van der Waals surface area contributed by atoms with Crippen molar-refractivity contribution >= 4 is 11.0 Å². The quantitative estimate of drug-likeness (QED) is 0.711. The molecule has 92 valence electrons. The van der Waals surface area contributed by atoms with E-state index in [2.05, 4.69) is 41.0 Å². The second-order valence-corrected chi connectivity index (χ2v) is 4.83. The van der Waals surface area contributed by atoms with Crippen LogP contribution >= 0.6 is 0 Å². The highest BCUT2D eigenvalue weighted by Crippen LogP contribution is 2.23. The second kappa shape index (κ2) is 3.70. The minimum absolute atomic E-state index is 0.873. The Morgan fingerprint density at radius 3 is 2.44 bits per heavy atom. The molecule has 0 aliphatic carbocycles. The molecule has 1 aromatic carbocycles. The van der Waals surface area contributed by atoms with Gasteiger partial charge in [-0.3, -0.25) is 4.68 Å². The van der Waals surface area contributed by atoms with Crippen LogP contribution < -0.4 is 0 Å². The molecule has 0 atom stereocenters. The first-order chi connectivity index (χ1) is 8.54. The third-order valence-electron chi connectivity index (χ3n) is 3.34. The van der Waals surface area contributed by atoms with Crippen LogP contribution in [0.4, 0.5) is 0 Å². The molecule has 2 aromatic heterocycles. The highest BCUT2D eigenvalue weighted by atomic mass is 15.3. The fourth-order valence-electron chi connectivity index (χ4n) is 2.22. The van der Waals surface area contributed by atoms with Crippen LogP contribution in [-0.2, 0) is 7.05 Å². The summed E-state index contributed by atoms with van der Waals surface area (Å²) in [5.41, 5.74) is 6.64. The van der Waals surface area contributed by atoms with Gasteiger partial charge in [0.25, 0.3) is 0 Å². The molecular formula is C14H16N4. The van der Waals surface area contributed by atoms with E-state index in [0.717, 1.165) is 28.2 Å². The number of aromatic nitrogens is 4. The van der Waals surface area contributed by atoms with Gasteiger partial charge in [-0.15, -0.1) is 0 Å². The maximum absolute atomic E-state index is 4.64. The Bertz CT molecular complexity index is 695. The molecule has 0 unspecified atom stereocenters. The lowest BCUT2D eigenvalue weighted by Gasteiger charge is -1.97. The lowest BCUT2D eigenvalue weighted by Crippen LogP contribution is -1.94. The van der Waals surface area contributed by atoms with Crippen LogP contribution in [0.2, 0.25) is 0 Å². The van der Waals surface area contributed by atoms with Crippen LogP contribution in [0.3, 0.4) is 0 Å². The predicted octanol–water partition coefficient (Wildman–Crippen LogP) is 2.89. The Morgan fingerprint density at radius 2 is 1.78 bits per heavy atom. The van der Waals surface area contributed by atoms with Gasteiger partial charge in [0.1, 0.15) is 5.69 Å². The highest BCUT2D eigenvalue weighted by Gasteiger charge is 2.10. The number of H-pyrrole nitrogens is 1. The molecule has 0 spiro atoms. The SMILES string of the molecule is Cc1cc(-c2nc3cc(C)c(C)cc3[nH]2)n(C)n1. The summed E-state index contributed by atoms with van der Waals surface area (Å²) < 4.78 is 1.85. The Hall–Kier alpha value is -2.10. The maximum atomic E-state index is 4.64. The number of nitrogens with zero attached hydrogens (tertiary/aromatic N) is 3. The number of fused-ring (bicyclic) bond motifs is 1. The van der Waals surface area contributed by atoms with E-state index in [1.807, 2.05) is 24.7 Å². The number of hydrogen-bond donors (Lipinski definition) is 1. The third kappa shape index (κ3) is 1.61. The van der Waals surface area contributed by atoms with Crippen molar-refractivity contribution in [2.24, 2.45) is 7.05 Å². The number of rotatable bonds is 1.